The molecule has 2 atom stereocenters. The number of amides is 1. The van der Waals surface area contributed by atoms with Crippen molar-refractivity contribution in [2.45, 2.75) is 62.8 Å². The van der Waals surface area contributed by atoms with Crippen molar-refractivity contribution in [1.29, 1.82) is 5.26 Å². The van der Waals surface area contributed by atoms with Crippen LogP contribution in [0.3, 0.4) is 0 Å². The molecular weight excluding hydrogens is 681 g/mol. The fourth-order valence-corrected chi connectivity index (χ4v) is 10.1. The molecule has 3 N–H and O–H groups in total. The number of alkyl halides is 1. The number of aliphatic hydroxyl groups is 1. The van der Waals surface area contributed by atoms with Gasteiger partial charge in [-0.05, 0) is 68.2 Å². The molecule has 5 heterocycles. The molecule has 3 aliphatic heterocycles. The summed E-state index contributed by atoms with van der Waals surface area (Å²) in [5.74, 6) is -1.13. The Hall–Kier alpha value is -3.90. The molecule has 1 saturated carbocycles. The van der Waals surface area contributed by atoms with E-state index in [0.717, 1.165) is 49.6 Å². The van der Waals surface area contributed by atoms with Crippen LogP contribution in [0.2, 0.25) is 5.02 Å². The quantitative estimate of drug-likeness (QED) is 0.191. The first kappa shape index (κ1) is 32.3. The second-order valence-corrected chi connectivity index (χ2v) is 15.3. The van der Waals surface area contributed by atoms with Gasteiger partial charge in [-0.1, -0.05) is 17.7 Å². The van der Waals surface area contributed by atoms with E-state index < -0.39 is 29.4 Å². The van der Waals surface area contributed by atoms with Crippen LogP contribution in [-0.4, -0.2) is 81.8 Å². The van der Waals surface area contributed by atoms with Gasteiger partial charge in [-0.2, -0.15) is 15.2 Å². The summed E-state index contributed by atoms with van der Waals surface area (Å²) in [6.07, 6.45) is 2.38. The zero-order chi connectivity index (χ0) is 34.2. The number of carboxylic acid groups (broad SMARTS) is 1. The van der Waals surface area contributed by atoms with Crippen molar-refractivity contribution in [3.63, 3.8) is 0 Å². The van der Waals surface area contributed by atoms with Crippen molar-refractivity contribution < 1.29 is 32.9 Å². The van der Waals surface area contributed by atoms with Crippen LogP contribution in [-0.2, 0) is 0 Å². The molecule has 4 aliphatic rings. The minimum absolute atomic E-state index is 0.0195. The van der Waals surface area contributed by atoms with Crippen LogP contribution < -0.4 is 15.0 Å². The van der Waals surface area contributed by atoms with Gasteiger partial charge in [-0.25, -0.2) is 18.0 Å². The van der Waals surface area contributed by atoms with Crippen LogP contribution >= 0.6 is 22.9 Å². The fraction of sp³-hybridized carbons (Fsp3) is 0.471. The van der Waals surface area contributed by atoms with E-state index in [1.54, 1.807) is 6.07 Å². The van der Waals surface area contributed by atoms with Crippen LogP contribution in [0, 0.1) is 28.4 Å². The number of piperidine rings is 1. The number of anilines is 2. The molecule has 10 nitrogen and oxygen atoms in total. The molecule has 3 saturated heterocycles. The second-order valence-electron chi connectivity index (χ2n) is 13.9. The Morgan fingerprint density at radius 2 is 2.00 bits per heavy atom. The third-order valence-corrected chi connectivity index (χ3v) is 12.2. The summed E-state index contributed by atoms with van der Waals surface area (Å²) in [7, 11) is 0. The number of aliphatic hydroxyl groups excluding tert-OH is 1. The third-order valence-electron chi connectivity index (χ3n) is 10.8. The Labute approximate surface area is 288 Å². The number of thiophene rings is 1. The molecule has 2 aromatic carbocycles. The maximum absolute atomic E-state index is 17.1. The normalized spacial score (nSPS) is 26.7. The van der Waals surface area contributed by atoms with E-state index >= 15 is 8.78 Å². The zero-order valence-electron chi connectivity index (χ0n) is 26.2. The number of carbonyl (C=O) groups is 1. The number of nitrogens with zero attached hydrogens (tertiary/aromatic N) is 5. The Bertz CT molecular complexity index is 2060. The number of hydrogen-bond donors (Lipinski definition) is 3. The second kappa shape index (κ2) is 11.9. The van der Waals surface area contributed by atoms with Crippen molar-refractivity contribution in [3.05, 3.63) is 40.4 Å². The van der Waals surface area contributed by atoms with E-state index in [-0.39, 0.29) is 66.5 Å². The molecular formula is C34H32ClF3N6O4S. The highest BCUT2D eigenvalue weighted by atomic mass is 35.5. The minimum atomic E-state index is -1.44. The Kier molecular flexibility index (Phi) is 7.82. The largest absolute Gasteiger partial charge is 0.465 e. The highest BCUT2D eigenvalue weighted by Crippen LogP contribution is 2.50. The molecule has 0 unspecified atom stereocenters. The number of halogens is 4. The summed E-state index contributed by atoms with van der Waals surface area (Å²) >= 11 is 7.58. The highest BCUT2D eigenvalue weighted by molar-refractivity contribution is 7.23. The lowest BCUT2D eigenvalue weighted by molar-refractivity contribution is -0.0396. The van der Waals surface area contributed by atoms with Crippen molar-refractivity contribution in [1.82, 2.24) is 14.9 Å². The van der Waals surface area contributed by atoms with E-state index in [4.69, 9.17) is 21.3 Å². The van der Waals surface area contributed by atoms with E-state index in [1.807, 2.05) is 6.07 Å². The lowest BCUT2D eigenvalue weighted by Gasteiger charge is -2.51. The van der Waals surface area contributed by atoms with Gasteiger partial charge >= 0.3 is 12.1 Å². The number of ether oxygens (including phenoxy) is 1. The molecule has 15 heteroatoms. The monoisotopic (exact) mass is 712 g/mol. The van der Waals surface area contributed by atoms with Gasteiger partial charge in [0.15, 0.2) is 5.82 Å². The molecule has 8 rings (SSSR count). The zero-order valence-corrected chi connectivity index (χ0v) is 27.8. The molecule has 2 aromatic heterocycles. The number of nitriles is 1. The first-order chi connectivity index (χ1) is 23.5. The van der Waals surface area contributed by atoms with Crippen LogP contribution in [0.4, 0.5) is 28.8 Å². The third kappa shape index (κ3) is 5.33. The van der Waals surface area contributed by atoms with Gasteiger partial charge in [-0.15, -0.1) is 11.3 Å². The van der Waals surface area contributed by atoms with Crippen LogP contribution in [0.5, 0.6) is 6.01 Å². The molecule has 4 aromatic rings. The predicted octanol–water partition coefficient (Wildman–Crippen LogP) is 7.10. The maximum Gasteiger partial charge on any atom is 0.409 e. The van der Waals surface area contributed by atoms with E-state index in [9.17, 15) is 24.7 Å². The average molecular weight is 713 g/mol. The Balaban J connectivity index is 1.28. The molecule has 256 valence electrons. The highest BCUT2D eigenvalue weighted by Gasteiger charge is 2.50. The molecule has 1 spiro atoms. The van der Waals surface area contributed by atoms with Crippen molar-refractivity contribution in [2.24, 2.45) is 5.41 Å². The van der Waals surface area contributed by atoms with Crippen molar-refractivity contribution >= 4 is 60.8 Å². The summed E-state index contributed by atoms with van der Waals surface area (Å²) in [6, 6.07) is 5.84. The number of fused-ring (bicyclic) bond motifs is 3. The fourth-order valence-electron chi connectivity index (χ4n) is 8.69. The standard InChI is InChI=1S/C34H32ClF3N6O4S/c35-22-9-20-27(26(38)25(22)19-3-4-23(37)28-24(19)21(13-39)30(49-28)42-32(46)47)40-31(48-16-34-6-2-8-44(34)14-17(36)10-34)41-29(20)43-7-1-5-33(15-43)11-18(45)12-33/h3-4,9,17-18,42,45H,1-2,5-8,10-12,14-16H2,(H,46,47)/t17-,18?,33?,34+/m1/s1. The van der Waals surface area contributed by atoms with E-state index in [2.05, 4.69) is 20.1 Å². The number of nitrogens with one attached hydrogen (secondary N) is 1. The number of aromatic nitrogens is 2. The summed E-state index contributed by atoms with van der Waals surface area (Å²) in [5.41, 5.74) is -0.888. The minimum Gasteiger partial charge on any atom is -0.465 e. The van der Waals surface area contributed by atoms with Gasteiger partial charge in [-0.3, -0.25) is 10.2 Å². The molecule has 4 fully saturated rings. The molecule has 1 aliphatic carbocycles. The van der Waals surface area contributed by atoms with E-state index in [1.165, 1.54) is 6.07 Å². The van der Waals surface area contributed by atoms with Gasteiger partial charge in [0.05, 0.1) is 26.9 Å². The molecule has 0 radical (unpaired) electrons. The first-order valence-corrected chi connectivity index (χ1v) is 17.5. The van der Waals surface area contributed by atoms with Crippen LogP contribution in [0.1, 0.15) is 50.5 Å². The van der Waals surface area contributed by atoms with Gasteiger partial charge in [0.2, 0.25) is 0 Å². The molecule has 49 heavy (non-hydrogen) atoms. The average Bonchev–Trinajstić information content (AvgIpc) is 3.70. The summed E-state index contributed by atoms with van der Waals surface area (Å²) in [4.78, 5) is 25.0. The first-order valence-electron chi connectivity index (χ1n) is 16.3. The summed E-state index contributed by atoms with van der Waals surface area (Å²) in [6.45, 7) is 2.47. The SMILES string of the molecule is N#Cc1c(NC(=O)O)sc2c(F)ccc(-c3c(Cl)cc4c(N5CCCC6(CC(O)C6)C5)nc(OC[C@@]56CCCN5C[C@H](F)C6)nc4c3F)c12. The lowest BCUT2D eigenvalue weighted by atomic mass is 9.62. The number of rotatable bonds is 6. The number of hydrogen-bond acceptors (Lipinski definition) is 9. The van der Waals surface area contributed by atoms with Crippen molar-refractivity contribution in [3.8, 4) is 23.2 Å². The molecule has 0 bridgehead atoms. The number of benzene rings is 2. The van der Waals surface area contributed by atoms with Gasteiger partial charge in [0.1, 0.15) is 41.0 Å². The maximum atomic E-state index is 17.1. The molecule has 1 amide bonds. The van der Waals surface area contributed by atoms with Gasteiger partial charge in [0.25, 0.3) is 0 Å². The smallest absolute Gasteiger partial charge is 0.409 e. The van der Waals surface area contributed by atoms with Gasteiger partial charge in [0, 0.05) is 42.4 Å². The summed E-state index contributed by atoms with van der Waals surface area (Å²) in [5, 5.41) is 31.8. The topological polar surface area (TPSA) is 135 Å². The van der Waals surface area contributed by atoms with Crippen LogP contribution in [0.25, 0.3) is 32.1 Å². The van der Waals surface area contributed by atoms with Crippen molar-refractivity contribution in [2.75, 3.05) is 43.0 Å². The van der Waals surface area contributed by atoms with Gasteiger partial charge < -0.3 is 19.8 Å². The Morgan fingerprint density at radius 3 is 2.76 bits per heavy atom. The van der Waals surface area contributed by atoms with Crippen LogP contribution in [0.15, 0.2) is 18.2 Å². The lowest BCUT2D eigenvalue weighted by Crippen LogP contribution is -2.52. The summed E-state index contributed by atoms with van der Waals surface area (Å²) < 4.78 is 52.9. The van der Waals surface area contributed by atoms with E-state index in [0.29, 0.717) is 50.1 Å². The Morgan fingerprint density at radius 1 is 1.20 bits per heavy atom. The predicted molar refractivity (Wildman–Crippen MR) is 179 cm³/mol.